The lowest BCUT2D eigenvalue weighted by Crippen LogP contribution is -2.58. The van der Waals surface area contributed by atoms with Gasteiger partial charge in [0.05, 0.1) is 12.6 Å². The molecule has 29 heavy (non-hydrogen) atoms. The Balaban J connectivity index is 2.90. The first-order chi connectivity index (χ1) is 13.7. The van der Waals surface area contributed by atoms with Crippen molar-refractivity contribution < 1.29 is 29.4 Å². The van der Waals surface area contributed by atoms with E-state index in [4.69, 9.17) is 10.8 Å². The summed E-state index contributed by atoms with van der Waals surface area (Å²) in [6.07, 6.45) is 0.124. The highest BCUT2D eigenvalue weighted by Gasteiger charge is 2.29. The van der Waals surface area contributed by atoms with E-state index in [2.05, 4.69) is 28.6 Å². The number of carboxylic acids is 1. The maximum atomic E-state index is 12.7. The third-order valence-corrected chi connectivity index (χ3v) is 4.31. The van der Waals surface area contributed by atoms with Crippen molar-refractivity contribution in [2.45, 2.75) is 37.5 Å². The molecular weight excluding hydrogens is 400 g/mol. The van der Waals surface area contributed by atoms with Gasteiger partial charge in [0.1, 0.15) is 18.1 Å². The first-order valence-corrected chi connectivity index (χ1v) is 9.48. The third kappa shape index (κ3) is 8.10. The standard InChI is InChI=1S/C18H26N4O6S/c1-10(19)15(24)20-12(7-11-5-3-2-4-6-11)16(25)21-13(8-23)17(26)22-14(9-29)18(27)28/h2-6,10,12-14,23,29H,7-9,19H2,1H3,(H,20,24)(H,21,25)(H,22,26)(H,27,28). The van der Waals surface area contributed by atoms with Gasteiger partial charge in [-0.25, -0.2) is 4.79 Å². The van der Waals surface area contributed by atoms with Crippen LogP contribution in [0.1, 0.15) is 12.5 Å². The number of benzene rings is 1. The molecule has 1 rings (SSSR count). The van der Waals surface area contributed by atoms with Crippen molar-refractivity contribution in [3.63, 3.8) is 0 Å². The molecule has 3 amide bonds. The number of thiol groups is 1. The van der Waals surface area contributed by atoms with Crippen LogP contribution in [0.3, 0.4) is 0 Å². The molecular formula is C18H26N4O6S. The number of carbonyl (C=O) groups excluding carboxylic acids is 3. The van der Waals surface area contributed by atoms with Crippen molar-refractivity contribution in [1.29, 1.82) is 0 Å². The number of carboxylic acid groups (broad SMARTS) is 1. The maximum absolute atomic E-state index is 12.7. The second kappa shape index (κ2) is 12.0. The number of nitrogens with two attached hydrogens (primary N) is 1. The average Bonchev–Trinajstić information content (AvgIpc) is 2.69. The number of hydrogen-bond donors (Lipinski definition) is 7. The zero-order valence-corrected chi connectivity index (χ0v) is 16.8. The Labute approximate surface area is 173 Å². The molecule has 1 aromatic rings. The van der Waals surface area contributed by atoms with Crippen LogP contribution in [0.4, 0.5) is 0 Å². The highest BCUT2D eigenvalue weighted by atomic mass is 32.1. The fourth-order valence-electron chi connectivity index (χ4n) is 2.29. The van der Waals surface area contributed by atoms with E-state index < -0.39 is 54.5 Å². The summed E-state index contributed by atoms with van der Waals surface area (Å²) in [7, 11) is 0. The smallest absolute Gasteiger partial charge is 0.327 e. The Morgan fingerprint density at radius 2 is 1.48 bits per heavy atom. The van der Waals surface area contributed by atoms with Crippen LogP contribution in [0.2, 0.25) is 0 Å². The first-order valence-electron chi connectivity index (χ1n) is 8.84. The second-order valence-electron chi connectivity index (χ2n) is 6.37. The van der Waals surface area contributed by atoms with Gasteiger partial charge in [-0.1, -0.05) is 30.3 Å². The summed E-state index contributed by atoms with van der Waals surface area (Å²) in [4.78, 5) is 47.9. The minimum Gasteiger partial charge on any atom is -0.480 e. The monoisotopic (exact) mass is 426 g/mol. The van der Waals surface area contributed by atoms with Gasteiger partial charge in [-0.2, -0.15) is 12.6 Å². The molecule has 1 aromatic carbocycles. The lowest BCUT2D eigenvalue weighted by Gasteiger charge is -2.23. The van der Waals surface area contributed by atoms with Crippen molar-refractivity contribution in [2.24, 2.45) is 5.73 Å². The average molecular weight is 426 g/mol. The largest absolute Gasteiger partial charge is 0.480 e. The Bertz CT molecular complexity index is 716. The number of aliphatic hydroxyl groups excluding tert-OH is 1. The van der Waals surface area contributed by atoms with Crippen LogP contribution in [-0.2, 0) is 25.6 Å². The Kier molecular flexibility index (Phi) is 10.1. The van der Waals surface area contributed by atoms with Gasteiger partial charge in [0, 0.05) is 12.2 Å². The third-order valence-electron chi connectivity index (χ3n) is 3.94. The lowest BCUT2D eigenvalue weighted by molar-refractivity contribution is -0.141. The zero-order chi connectivity index (χ0) is 22.0. The fraction of sp³-hybridized carbons (Fsp3) is 0.444. The number of nitrogens with one attached hydrogen (secondary N) is 3. The van der Waals surface area contributed by atoms with Gasteiger partial charge in [0.25, 0.3) is 0 Å². The molecule has 4 unspecified atom stereocenters. The number of aliphatic carboxylic acids is 1. The van der Waals surface area contributed by atoms with E-state index in [1.807, 2.05) is 0 Å². The topological polar surface area (TPSA) is 171 Å². The van der Waals surface area contributed by atoms with Gasteiger partial charge in [-0.05, 0) is 12.5 Å². The Hall–Kier alpha value is -2.63. The quantitative estimate of drug-likeness (QED) is 0.201. The van der Waals surface area contributed by atoms with Gasteiger partial charge in [0.15, 0.2) is 0 Å². The van der Waals surface area contributed by atoms with E-state index in [0.717, 1.165) is 5.56 Å². The Morgan fingerprint density at radius 3 is 1.97 bits per heavy atom. The zero-order valence-electron chi connectivity index (χ0n) is 15.9. The fourth-order valence-corrected chi connectivity index (χ4v) is 2.53. The van der Waals surface area contributed by atoms with E-state index in [9.17, 15) is 24.3 Å². The molecule has 10 nitrogen and oxygen atoms in total. The summed E-state index contributed by atoms with van der Waals surface area (Å²) in [5.41, 5.74) is 6.29. The van der Waals surface area contributed by atoms with E-state index in [0.29, 0.717) is 0 Å². The summed E-state index contributed by atoms with van der Waals surface area (Å²) in [5.74, 6) is -3.66. The Morgan fingerprint density at radius 1 is 0.966 bits per heavy atom. The maximum Gasteiger partial charge on any atom is 0.327 e. The lowest BCUT2D eigenvalue weighted by atomic mass is 10.0. The molecule has 0 saturated heterocycles. The molecule has 0 heterocycles. The minimum atomic E-state index is -1.41. The van der Waals surface area contributed by atoms with E-state index in [1.165, 1.54) is 6.92 Å². The summed E-state index contributed by atoms with van der Waals surface area (Å²) in [6, 6.07) is 4.26. The number of rotatable bonds is 11. The molecule has 0 spiro atoms. The molecule has 0 saturated carbocycles. The SMILES string of the molecule is CC(N)C(=O)NC(Cc1ccccc1)C(=O)NC(CO)C(=O)NC(CS)C(=O)O. The number of carbonyl (C=O) groups is 4. The molecule has 0 aromatic heterocycles. The van der Waals surface area contributed by atoms with Crippen molar-refractivity contribution in [3.05, 3.63) is 35.9 Å². The molecule has 11 heteroatoms. The first kappa shape index (κ1) is 24.4. The van der Waals surface area contributed by atoms with Crippen LogP contribution < -0.4 is 21.7 Å². The van der Waals surface area contributed by atoms with Crippen LogP contribution in [-0.4, -0.2) is 70.4 Å². The van der Waals surface area contributed by atoms with Crippen LogP contribution in [0.25, 0.3) is 0 Å². The minimum absolute atomic E-state index is 0.124. The van der Waals surface area contributed by atoms with Crippen molar-refractivity contribution in [3.8, 4) is 0 Å². The summed E-state index contributed by atoms with van der Waals surface area (Å²) in [6.45, 7) is 0.691. The molecule has 0 aliphatic heterocycles. The summed E-state index contributed by atoms with van der Waals surface area (Å²) in [5, 5.41) is 25.5. The van der Waals surface area contributed by atoms with Gasteiger partial charge in [0.2, 0.25) is 17.7 Å². The summed E-state index contributed by atoms with van der Waals surface area (Å²) >= 11 is 3.84. The molecule has 160 valence electrons. The van der Waals surface area contributed by atoms with Crippen LogP contribution in [0.15, 0.2) is 30.3 Å². The highest BCUT2D eigenvalue weighted by Crippen LogP contribution is 2.04. The number of aliphatic hydroxyl groups is 1. The van der Waals surface area contributed by atoms with E-state index >= 15 is 0 Å². The normalized spacial score (nSPS) is 14.8. The molecule has 7 N–H and O–H groups in total. The molecule has 0 aliphatic rings. The van der Waals surface area contributed by atoms with Crippen molar-refractivity contribution in [1.82, 2.24) is 16.0 Å². The van der Waals surface area contributed by atoms with Crippen molar-refractivity contribution in [2.75, 3.05) is 12.4 Å². The van der Waals surface area contributed by atoms with E-state index in [-0.39, 0.29) is 12.2 Å². The van der Waals surface area contributed by atoms with Crippen LogP contribution in [0.5, 0.6) is 0 Å². The molecule has 4 atom stereocenters. The number of amides is 3. The predicted molar refractivity (Wildman–Crippen MR) is 108 cm³/mol. The number of hydrogen-bond acceptors (Lipinski definition) is 7. The summed E-state index contributed by atoms with van der Waals surface area (Å²) < 4.78 is 0. The highest BCUT2D eigenvalue weighted by molar-refractivity contribution is 7.80. The van der Waals surface area contributed by atoms with Gasteiger partial charge >= 0.3 is 5.97 Å². The van der Waals surface area contributed by atoms with Crippen LogP contribution in [0, 0.1) is 0 Å². The van der Waals surface area contributed by atoms with E-state index in [1.54, 1.807) is 30.3 Å². The molecule has 0 aliphatic carbocycles. The van der Waals surface area contributed by atoms with Gasteiger partial charge in [-0.3, -0.25) is 14.4 Å². The van der Waals surface area contributed by atoms with Crippen molar-refractivity contribution >= 4 is 36.3 Å². The van der Waals surface area contributed by atoms with Gasteiger partial charge < -0.3 is 31.9 Å². The molecule has 0 fully saturated rings. The second-order valence-corrected chi connectivity index (χ2v) is 6.73. The van der Waals surface area contributed by atoms with Crippen LogP contribution >= 0.6 is 12.6 Å². The predicted octanol–water partition coefficient (Wildman–Crippen LogP) is -1.96. The molecule has 0 radical (unpaired) electrons. The molecule has 0 bridgehead atoms. The van der Waals surface area contributed by atoms with Gasteiger partial charge in [-0.15, -0.1) is 0 Å².